The molecule has 0 saturated carbocycles. The van der Waals surface area contributed by atoms with E-state index in [-0.39, 0.29) is 18.3 Å². The van der Waals surface area contributed by atoms with Gasteiger partial charge in [0.05, 0.1) is 20.9 Å². The Kier molecular flexibility index (Phi) is 6.92. The number of fused-ring (bicyclic) bond motifs is 1. The third kappa shape index (κ3) is 4.15. The Hall–Kier alpha value is -1.32. The maximum Gasteiger partial charge on any atom is 0.273 e. The number of hydrogen-bond donors (Lipinski definition) is 0. The van der Waals surface area contributed by atoms with Crippen molar-refractivity contribution in [1.82, 2.24) is 19.5 Å². The number of nitrogens with zero attached hydrogens (tertiary/aromatic N) is 5. The van der Waals surface area contributed by atoms with Gasteiger partial charge in [0, 0.05) is 13.1 Å². The van der Waals surface area contributed by atoms with Crippen molar-refractivity contribution in [3.05, 3.63) is 33.3 Å². The lowest BCUT2D eigenvalue weighted by Crippen LogP contribution is -2.36. The number of carbonyl (C=O) groups is 1. The van der Waals surface area contributed by atoms with E-state index in [0.29, 0.717) is 27.3 Å². The summed E-state index contributed by atoms with van der Waals surface area (Å²) in [6.45, 7) is 5.03. The topological polar surface area (TPSA) is 62.2 Å². The summed E-state index contributed by atoms with van der Waals surface area (Å²) in [5, 5.41) is 5.25. The van der Waals surface area contributed by atoms with E-state index in [4.69, 9.17) is 16.6 Å². The summed E-state index contributed by atoms with van der Waals surface area (Å²) in [5.41, 5.74) is 2.52. The molecule has 10 heteroatoms. The van der Waals surface area contributed by atoms with Crippen molar-refractivity contribution in [2.75, 3.05) is 32.1 Å². The molecule has 3 rings (SSSR count). The van der Waals surface area contributed by atoms with Crippen LogP contribution in [0.1, 0.15) is 20.9 Å². The van der Waals surface area contributed by atoms with Crippen LogP contribution in [-0.4, -0.2) is 52.6 Å². The van der Waals surface area contributed by atoms with E-state index in [2.05, 4.69) is 9.59 Å². The number of amides is 1. The number of aryl methyl sites for hydroxylation is 2. The van der Waals surface area contributed by atoms with E-state index in [1.807, 2.05) is 38.1 Å². The highest BCUT2D eigenvalue weighted by Gasteiger charge is 2.25. The van der Waals surface area contributed by atoms with Gasteiger partial charge in [0.25, 0.3) is 5.91 Å². The van der Waals surface area contributed by atoms with Crippen LogP contribution in [0.15, 0.2) is 12.1 Å². The standard InChI is InChI=1S/C16H18ClN5OS2.ClH/c1-9-5-6-11(17)14-12(9)18-16(24-14)22(8-7-21(3)4)15(23)13-10(2)19-20-25-13;/h5-6H,7-8H2,1-4H3;1H. The number of thiazole rings is 1. The van der Waals surface area contributed by atoms with Gasteiger partial charge in [-0.05, 0) is 51.1 Å². The van der Waals surface area contributed by atoms with Gasteiger partial charge in [-0.1, -0.05) is 33.5 Å². The maximum atomic E-state index is 13.1. The Balaban J connectivity index is 0.00000243. The average Bonchev–Trinajstić information content (AvgIpc) is 3.18. The number of halogens is 2. The molecule has 1 aromatic carbocycles. The molecule has 3 aromatic rings. The van der Waals surface area contributed by atoms with Crippen LogP contribution in [0.5, 0.6) is 0 Å². The number of rotatable bonds is 5. The lowest BCUT2D eigenvalue weighted by atomic mass is 10.2. The molecule has 0 radical (unpaired) electrons. The molecule has 1 amide bonds. The first-order valence-electron chi connectivity index (χ1n) is 7.69. The molecule has 26 heavy (non-hydrogen) atoms. The molecule has 0 fully saturated rings. The van der Waals surface area contributed by atoms with E-state index in [0.717, 1.165) is 33.9 Å². The minimum absolute atomic E-state index is 0. The largest absolute Gasteiger partial charge is 0.308 e. The summed E-state index contributed by atoms with van der Waals surface area (Å²) in [5.74, 6) is -0.123. The minimum atomic E-state index is -0.123. The number of aromatic nitrogens is 3. The van der Waals surface area contributed by atoms with Crippen LogP contribution in [0.25, 0.3) is 10.2 Å². The first-order chi connectivity index (χ1) is 11.9. The Morgan fingerprint density at radius 1 is 1.23 bits per heavy atom. The summed E-state index contributed by atoms with van der Waals surface area (Å²) in [4.78, 5) is 22.0. The molecule has 0 aliphatic carbocycles. The smallest absolute Gasteiger partial charge is 0.273 e. The van der Waals surface area contributed by atoms with Crippen LogP contribution in [0.4, 0.5) is 5.13 Å². The van der Waals surface area contributed by atoms with Gasteiger partial charge in [-0.25, -0.2) is 4.98 Å². The minimum Gasteiger partial charge on any atom is -0.308 e. The van der Waals surface area contributed by atoms with Gasteiger partial charge in [0.1, 0.15) is 4.88 Å². The highest BCUT2D eigenvalue weighted by molar-refractivity contribution is 7.23. The normalized spacial score (nSPS) is 11.0. The Morgan fingerprint density at radius 3 is 2.54 bits per heavy atom. The molecule has 0 atom stereocenters. The zero-order valence-corrected chi connectivity index (χ0v) is 18.0. The second kappa shape index (κ2) is 8.58. The van der Waals surface area contributed by atoms with Crippen molar-refractivity contribution >= 4 is 68.1 Å². The van der Waals surface area contributed by atoms with Gasteiger partial charge in [-0.15, -0.1) is 17.5 Å². The summed E-state index contributed by atoms with van der Waals surface area (Å²) in [7, 11) is 3.95. The van der Waals surface area contributed by atoms with Gasteiger partial charge >= 0.3 is 0 Å². The van der Waals surface area contributed by atoms with Crippen LogP contribution >= 0.6 is 46.9 Å². The number of anilines is 1. The molecule has 6 nitrogen and oxygen atoms in total. The number of benzene rings is 1. The second-order valence-corrected chi connectivity index (χ2v) is 8.12. The van der Waals surface area contributed by atoms with Crippen molar-refractivity contribution in [3.8, 4) is 0 Å². The monoisotopic (exact) mass is 431 g/mol. The van der Waals surface area contributed by atoms with Gasteiger partial charge in [0.15, 0.2) is 5.13 Å². The third-order valence-electron chi connectivity index (χ3n) is 3.78. The van der Waals surface area contributed by atoms with Gasteiger partial charge in [-0.2, -0.15) is 0 Å². The van der Waals surface area contributed by atoms with E-state index in [1.54, 1.807) is 11.8 Å². The zero-order chi connectivity index (χ0) is 18.1. The number of carbonyl (C=O) groups excluding carboxylic acids is 1. The van der Waals surface area contributed by atoms with Crippen molar-refractivity contribution in [3.63, 3.8) is 0 Å². The highest BCUT2D eigenvalue weighted by Crippen LogP contribution is 2.36. The molecular weight excluding hydrogens is 413 g/mol. The maximum absolute atomic E-state index is 13.1. The Bertz CT molecular complexity index is 886. The Labute approximate surface area is 171 Å². The lowest BCUT2D eigenvalue weighted by molar-refractivity contribution is 0.0988. The summed E-state index contributed by atoms with van der Waals surface area (Å²) in [6.07, 6.45) is 0. The zero-order valence-electron chi connectivity index (χ0n) is 14.8. The number of likely N-dealkylation sites (N-methyl/N-ethyl adjacent to an activating group) is 1. The molecular formula is C16H19Cl2N5OS2. The summed E-state index contributed by atoms with van der Waals surface area (Å²) < 4.78 is 4.78. The molecule has 140 valence electrons. The Morgan fingerprint density at radius 2 is 1.96 bits per heavy atom. The van der Waals surface area contributed by atoms with Crippen LogP contribution < -0.4 is 4.90 Å². The van der Waals surface area contributed by atoms with E-state index < -0.39 is 0 Å². The molecule has 0 aliphatic rings. The fourth-order valence-electron chi connectivity index (χ4n) is 2.34. The lowest BCUT2D eigenvalue weighted by Gasteiger charge is -2.21. The molecule has 0 saturated heterocycles. The molecule has 0 N–H and O–H groups in total. The molecule has 0 unspecified atom stereocenters. The van der Waals surface area contributed by atoms with Crippen LogP contribution in [0.2, 0.25) is 5.02 Å². The second-order valence-electron chi connectivity index (χ2n) is 5.99. The van der Waals surface area contributed by atoms with Crippen LogP contribution in [0, 0.1) is 13.8 Å². The fourth-order valence-corrected chi connectivity index (χ4v) is 4.29. The fraction of sp³-hybridized carbons (Fsp3) is 0.375. The van der Waals surface area contributed by atoms with Crippen molar-refractivity contribution in [2.45, 2.75) is 13.8 Å². The van der Waals surface area contributed by atoms with E-state index >= 15 is 0 Å². The predicted molar refractivity (Wildman–Crippen MR) is 111 cm³/mol. The van der Waals surface area contributed by atoms with Gasteiger partial charge in [-0.3, -0.25) is 9.69 Å². The van der Waals surface area contributed by atoms with Gasteiger partial charge in [0.2, 0.25) is 0 Å². The van der Waals surface area contributed by atoms with Gasteiger partial charge < -0.3 is 4.90 Å². The molecule has 2 heterocycles. The average molecular weight is 432 g/mol. The van der Waals surface area contributed by atoms with E-state index in [9.17, 15) is 4.79 Å². The SMILES string of the molecule is Cc1nnsc1C(=O)N(CCN(C)C)c1nc2c(C)ccc(Cl)c2s1.Cl. The van der Waals surface area contributed by atoms with E-state index in [1.165, 1.54) is 11.3 Å². The highest BCUT2D eigenvalue weighted by atomic mass is 35.5. The third-order valence-corrected chi connectivity index (χ3v) is 6.13. The number of hydrogen-bond acceptors (Lipinski definition) is 7. The van der Waals surface area contributed by atoms with Crippen LogP contribution in [-0.2, 0) is 0 Å². The molecule has 0 bridgehead atoms. The molecule has 0 aliphatic heterocycles. The quantitative estimate of drug-likeness (QED) is 0.609. The van der Waals surface area contributed by atoms with Crippen molar-refractivity contribution in [2.24, 2.45) is 0 Å². The van der Waals surface area contributed by atoms with Crippen molar-refractivity contribution < 1.29 is 4.79 Å². The van der Waals surface area contributed by atoms with Crippen LogP contribution in [0.3, 0.4) is 0 Å². The molecule has 2 aromatic heterocycles. The summed E-state index contributed by atoms with van der Waals surface area (Å²) in [6, 6.07) is 3.81. The predicted octanol–water partition coefficient (Wildman–Crippen LogP) is 4.05. The first kappa shape index (κ1) is 21.0. The molecule has 0 spiro atoms. The first-order valence-corrected chi connectivity index (χ1v) is 9.66. The summed E-state index contributed by atoms with van der Waals surface area (Å²) >= 11 is 8.87. The van der Waals surface area contributed by atoms with Crippen molar-refractivity contribution in [1.29, 1.82) is 0 Å².